The number of amides is 1. The van der Waals surface area contributed by atoms with Gasteiger partial charge in [-0.3, -0.25) is 4.79 Å². The maximum Gasteiger partial charge on any atom is 0.365 e. The van der Waals surface area contributed by atoms with E-state index in [-0.39, 0.29) is 16.7 Å². The van der Waals surface area contributed by atoms with Crippen molar-refractivity contribution in [1.29, 1.82) is 0 Å². The molecule has 0 heterocycles. The molecule has 2 N–H and O–H groups in total. The first kappa shape index (κ1) is 15.7. The van der Waals surface area contributed by atoms with Gasteiger partial charge in [-0.15, -0.1) is 0 Å². The quantitative estimate of drug-likeness (QED) is 0.688. The highest BCUT2D eigenvalue weighted by Crippen LogP contribution is 2.70. The highest BCUT2D eigenvalue weighted by Gasteiger charge is 2.71. The Balaban J connectivity index is 1.88. The molecular weight excluding hydrogens is 292 g/mol. The summed E-state index contributed by atoms with van der Waals surface area (Å²) in [5, 5.41) is 4.14. The van der Waals surface area contributed by atoms with Gasteiger partial charge in [0.15, 0.2) is 0 Å². The third kappa shape index (κ3) is 1.95. The number of hydrogen-bond acceptors (Lipinski definition) is 4. The lowest BCUT2D eigenvalue weighted by Crippen LogP contribution is -2.44. The van der Waals surface area contributed by atoms with Gasteiger partial charge < -0.3 is 10.6 Å². The van der Waals surface area contributed by atoms with Crippen LogP contribution in [-0.2, 0) is 9.63 Å². The van der Waals surface area contributed by atoms with Crippen LogP contribution in [0.15, 0.2) is 35.5 Å². The summed E-state index contributed by atoms with van der Waals surface area (Å²) in [6.45, 7) is 6.21. The Hall–Kier alpha value is -2.17. The number of nitrogens with two attached hydrogens (primary N) is 1. The van der Waals surface area contributed by atoms with Gasteiger partial charge in [0.05, 0.1) is 16.7 Å². The third-order valence-electron chi connectivity index (χ3n) is 6.45. The van der Waals surface area contributed by atoms with E-state index >= 15 is 0 Å². The second-order valence-electron chi connectivity index (χ2n) is 7.36. The van der Waals surface area contributed by atoms with Crippen molar-refractivity contribution >= 4 is 17.6 Å². The van der Waals surface area contributed by atoms with Crippen LogP contribution >= 0.6 is 0 Å². The lowest BCUT2D eigenvalue weighted by Gasteiger charge is -2.38. The van der Waals surface area contributed by atoms with E-state index in [0.717, 1.165) is 18.6 Å². The van der Waals surface area contributed by atoms with Crippen LogP contribution in [0.2, 0.25) is 0 Å². The van der Waals surface area contributed by atoms with Gasteiger partial charge in [-0.25, -0.2) is 4.79 Å². The topological polar surface area (TPSA) is 81.8 Å². The molecule has 2 bridgehead atoms. The maximum atomic E-state index is 12.1. The number of fused-ring (bicyclic) bond motifs is 2. The molecule has 3 rings (SSSR count). The summed E-state index contributed by atoms with van der Waals surface area (Å²) in [4.78, 5) is 29.3. The van der Waals surface area contributed by atoms with Crippen molar-refractivity contribution in [1.82, 2.24) is 0 Å². The molecule has 0 aliphatic heterocycles. The number of carbonyl (C=O) groups excluding carboxylic acids is 2. The molecule has 122 valence electrons. The zero-order valence-electron chi connectivity index (χ0n) is 13.8. The number of rotatable bonds is 3. The molecule has 23 heavy (non-hydrogen) atoms. The number of hydrogen-bond donors (Lipinski definition) is 1. The lowest BCUT2D eigenvalue weighted by atomic mass is 9.64. The van der Waals surface area contributed by atoms with Gasteiger partial charge in [-0.1, -0.05) is 44.1 Å². The molecule has 0 aromatic heterocycles. The Morgan fingerprint density at radius 3 is 2.35 bits per heavy atom. The Morgan fingerprint density at radius 2 is 1.78 bits per heavy atom. The minimum absolute atomic E-state index is 0.279. The van der Waals surface area contributed by atoms with Crippen molar-refractivity contribution in [3.8, 4) is 0 Å². The van der Waals surface area contributed by atoms with E-state index in [1.807, 2.05) is 6.07 Å². The van der Waals surface area contributed by atoms with Crippen molar-refractivity contribution in [2.45, 2.75) is 40.0 Å². The highest BCUT2D eigenvalue weighted by atomic mass is 16.7. The molecule has 2 aliphatic rings. The van der Waals surface area contributed by atoms with Crippen LogP contribution in [0.3, 0.4) is 0 Å². The molecule has 2 unspecified atom stereocenters. The smallest absolute Gasteiger partial charge is 0.365 e. The Morgan fingerprint density at radius 1 is 1.13 bits per heavy atom. The third-order valence-corrected chi connectivity index (χ3v) is 6.45. The summed E-state index contributed by atoms with van der Waals surface area (Å²) in [6, 6.07) is 8.74. The van der Waals surface area contributed by atoms with E-state index in [0.29, 0.717) is 12.0 Å². The molecule has 2 aliphatic carbocycles. The summed E-state index contributed by atoms with van der Waals surface area (Å²) in [6.07, 6.45) is 2.05. The molecule has 1 aromatic rings. The Kier molecular flexibility index (Phi) is 3.36. The second kappa shape index (κ2) is 4.91. The maximum absolute atomic E-state index is 12.1. The molecule has 0 saturated heterocycles. The van der Waals surface area contributed by atoms with E-state index < -0.39 is 11.4 Å². The first-order chi connectivity index (χ1) is 10.7. The molecule has 2 fully saturated rings. The van der Waals surface area contributed by atoms with E-state index in [4.69, 9.17) is 10.6 Å². The largest absolute Gasteiger partial charge is 0.369 e. The number of nitrogens with zero attached hydrogens (tertiary/aromatic N) is 1. The zero-order chi connectivity index (χ0) is 16.9. The van der Waals surface area contributed by atoms with Crippen LogP contribution in [-0.4, -0.2) is 17.6 Å². The predicted molar refractivity (Wildman–Crippen MR) is 86.7 cm³/mol. The van der Waals surface area contributed by atoms with E-state index in [9.17, 15) is 9.59 Å². The van der Waals surface area contributed by atoms with Crippen LogP contribution in [0.1, 0.15) is 50.4 Å². The van der Waals surface area contributed by atoms with Crippen molar-refractivity contribution in [2.75, 3.05) is 0 Å². The molecular formula is C18H22N2O3. The molecule has 0 spiro atoms. The van der Waals surface area contributed by atoms with Crippen molar-refractivity contribution in [3.63, 3.8) is 0 Å². The number of oxime groups is 1. The van der Waals surface area contributed by atoms with Crippen molar-refractivity contribution < 1.29 is 14.4 Å². The SMILES string of the molecule is CC12CCC(C(N)=O)(C/C1=N/OC(=O)c1ccccc1)C2(C)C. The second-order valence-corrected chi connectivity index (χ2v) is 7.36. The van der Waals surface area contributed by atoms with Crippen LogP contribution < -0.4 is 5.73 Å². The number of carbonyl (C=O) groups is 2. The van der Waals surface area contributed by atoms with Crippen LogP contribution in [0.5, 0.6) is 0 Å². The summed E-state index contributed by atoms with van der Waals surface area (Å²) >= 11 is 0. The van der Waals surface area contributed by atoms with E-state index in [1.165, 1.54) is 0 Å². The highest BCUT2D eigenvalue weighted by molar-refractivity contribution is 6.02. The van der Waals surface area contributed by atoms with Crippen LogP contribution in [0, 0.1) is 16.2 Å². The Bertz CT molecular complexity index is 695. The van der Waals surface area contributed by atoms with Crippen molar-refractivity contribution in [2.24, 2.45) is 27.1 Å². The minimum atomic E-state index is -0.597. The molecule has 2 atom stereocenters. The zero-order valence-corrected chi connectivity index (χ0v) is 13.8. The standard InChI is InChI=1S/C18H22N2O3/c1-16(2)17(3)9-10-18(16,15(19)22)11-13(17)20-23-14(21)12-7-5-4-6-8-12/h4-8H,9-11H2,1-3H3,(H2,19,22)/b20-13-. The first-order valence-electron chi connectivity index (χ1n) is 7.88. The molecule has 1 amide bonds. The van der Waals surface area contributed by atoms with Gasteiger partial charge in [0, 0.05) is 11.8 Å². The van der Waals surface area contributed by atoms with Gasteiger partial charge in [-0.2, -0.15) is 0 Å². The fourth-order valence-corrected chi connectivity index (χ4v) is 4.29. The van der Waals surface area contributed by atoms with E-state index in [1.54, 1.807) is 24.3 Å². The molecule has 2 saturated carbocycles. The molecule has 5 heteroatoms. The first-order valence-corrected chi connectivity index (χ1v) is 7.88. The van der Waals surface area contributed by atoms with Crippen molar-refractivity contribution in [3.05, 3.63) is 35.9 Å². The van der Waals surface area contributed by atoms with Crippen LogP contribution in [0.25, 0.3) is 0 Å². The average Bonchev–Trinajstić information content (AvgIpc) is 2.83. The van der Waals surface area contributed by atoms with Gasteiger partial charge in [-0.05, 0) is 30.4 Å². The number of benzene rings is 1. The molecule has 0 radical (unpaired) electrons. The fraction of sp³-hybridized carbons (Fsp3) is 0.500. The Labute approximate surface area is 135 Å². The summed E-state index contributed by atoms with van der Waals surface area (Å²) in [7, 11) is 0. The summed E-state index contributed by atoms with van der Waals surface area (Å²) < 4.78 is 0. The number of primary amides is 1. The van der Waals surface area contributed by atoms with Gasteiger partial charge in [0.2, 0.25) is 5.91 Å². The predicted octanol–water partition coefficient (Wildman–Crippen LogP) is 2.90. The van der Waals surface area contributed by atoms with Gasteiger partial charge >= 0.3 is 5.97 Å². The average molecular weight is 314 g/mol. The summed E-state index contributed by atoms with van der Waals surface area (Å²) in [5.74, 6) is -0.777. The van der Waals surface area contributed by atoms with Crippen LogP contribution in [0.4, 0.5) is 0 Å². The summed E-state index contributed by atoms with van der Waals surface area (Å²) in [5.41, 5.74) is 5.75. The van der Waals surface area contributed by atoms with Gasteiger partial charge in [0.25, 0.3) is 0 Å². The van der Waals surface area contributed by atoms with E-state index in [2.05, 4.69) is 25.9 Å². The minimum Gasteiger partial charge on any atom is -0.369 e. The molecule has 1 aromatic carbocycles. The normalized spacial score (nSPS) is 32.9. The lowest BCUT2D eigenvalue weighted by molar-refractivity contribution is -0.132. The monoisotopic (exact) mass is 314 g/mol. The fourth-order valence-electron chi connectivity index (χ4n) is 4.29. The molecule has 5 nitrogen and oxygen atoms in total. The van der Waals surface area contributed by atoms with Gasteiger partial charge in [0.1, 0.15) is 0 Å².